The van der Waals surface area contributed by atoms with Gasteiger partial charge in [-0.1, -0.05) is 11.6 Å². The number of carbonyl (C=O) groups excluding carboxylic acids is 1. The van der Waals surface area contributed by atoms with E-state index in [0.717, 1.165) is 0 Å². The van der Waals surface area contributed by atoms with Crippen molar-refractivity contribution in [3.8, 4) is 11.9 Å². The van der Waals surface area contributed by atoms with E-state index < -0.39 is 5.91 Å². The summed E-state index contributed by atoms with van der Waals surface area (Å²) in [5.74, 6) is -0.137. The minimum atomic E-state index is -0.395. The smallest absolute Gasteiger partial charge is 0.253 e. The van der Waals surface area contributed by atoms with Crippen LogP contribution in [0.2, 0.25) is 5.02 Å². The number of methoxy groups -OCH3 is 1. The Bertz CT molecular complexity index is 414. The average molecular weight is 226 g/mol. The van der Waals surface area contributed by atoms with Crippen LogP contribution in [0.5, 0.6) is 5.88 Å². The number of rotatable bonds is 3. The van der Waals surface area contributed by atoms with Gasteiger partial charge in [-0.25, -0.2) is 4.98 Å². The molecule has 0 aliphatic carbocycles. The predicted octanol–water partition coefficient (Wildman–Crippen LogP) is 0.997. The number of nitrogens with one attached hydrogen (secondary N) is 1. The molecule has 0 aliphatic heterocycles. The second-order valence-corrected chi connectivity index (χ2v) is 2.96. The maximum atomic E-state index is 11.4. The van der Waals surface area contributed by atoms with Crippen molar-refractivity contribution in [3.05, 3.63) is 22.8 Å². The van der Waals surface area contributed by atoms with Gasteiger partial charge in [0.15, 0.2) is 0 Å². The first kappa shape index (κ1) is 11.3. The molecule has 1 aromatic rings. The highest BCUT2D eigenvalue weighted by molar-refractivity contribution is 6.32. The molecule has 0 bridgehead atoms. The van der Waals surface area contributed by atoms with Gasteiger partial charge in [-0.2, -0.15) is 5.26 Å². The number of nitrogens with zero attached hydrogens (tertiary/aromatic N) is 2. The van der Waals surface area contributed by atoms with E-state index in [1.807, 2.05) is 0 Å². The van der Waals surface area contributed by atoms with Crippen molar-refractivity contribution >= 4 is 17.5 Å². The highest BCUT2D eigenvalue weighted by Crippen LogP contribution is 2.21. The monoisotopic (exact) mass is 225 g/mol. The normalized spacial score (nSPS) is 9.13. The van der Waals surface area contributed by atoms with Crippen molar-refractivity contribution in [2.75, 3.05) is 13.7 Å². The Hall–Kier alpha value is -1.80. The fraction of sp³-hybridized carbons (Fsp3) is 0.222. The van der Waals surface area contributed by atoms with Crippen LogP contribution in [-0.4, -0.2) is 24.5 Å². The molecule has 1 heterocycles. The molecule has 6 heteroatoms. The zero-order chi connectivity index (χ0) is 11.3. The summed E-state index contributed by atoms with van der Waals surface area (Å²) in [6, 6.07) is 3.23. The third-order valence-corrected chi connectivity index (χ3v) is 1.86. The Kier molecular flexibility index (Phi) is 3.89. The predicted molar refractivity (Wildman–Crippen MR) is 53.7 cm³/mol. The minimum Gasteiger partial charge on any atom is -0.480 e. The fourth-order valence-electron chi connectivity index (χ4n) is 0.922. The second-order valence-electron chi connectivity index (χ2n) is 2.56. The molecule has 0 unspecified atom stereocenters. The largest absolute Gasteiger partial charge is 0.480 e. The number of hydrogen-bond donors (Lipinski definition) is 1. The molecule has 0 saturated carbocycles. The molecule has 1 aromatic heterocycles. The SMILES string of the molecule is COc1ncc(C(=O)NCC#N)cc1Cl. The number of hydrogen-bond acceptors (Lipinski definition) is 4. The van der Waals surface area contributed by atoms with Crippen molar-refractivity contribution in [3.63, 3.8) is 0 Å². The molecule has 1 N–H and O–H groups in total. The molecule has 5 nitrogen and oxygen atoms in total. The van der Waals surface area contributed by atoms with Gasteiger partial charge in [0.05, 0.1) is 18.7 Å². The molecular formula is C9H8ClN3O2. The first-order valence-corrected chi connectivity index (χ1v) is 4.41. The molecule has 0 aliphatic rings. The van der Waals surface area contributed by atoms with Gasteiger partial charge in [-0.15, -0.1) is 0 Å². The third kappa shape index (κ3) is 2.82. The maximum absolute atomic E-state index is 11.4. The van der Waals surface area contributed by atoms with Gasteiger partial charge < -0.3 is 10.1 Å². The number of aromatic nitrogens is 1. The Balaban J connectivity index is 2.84. The first-order valence-electron chi connectivity index (χ1n) is 4.03. The van der Waals surface area contributed by atoms with E-state index >= 15 is 0 Å². The van der Waals surface area contributed by atoms with Gasteiger partial charge >= 0.3 is 0 Å². The fourth-order valence-corrected chi connectivity index (χ4v) is 1.17. The lowest BCUT2D eigenvalue weighted by molar-refractivity contribution is 0.0958. The van der Waals surface area contributed by atoms with Gasteiger partial charge in [0, 0.05) is 6.20 Å². The summed E-state index contributed by atoms with van der Waals surface area (Å²) in [5.41, 5.74) is 0.288. The summed E-state index contributed by atoms with van der Waals surface area (Å²) < 4.78 is 4.83. The van der Waals surface area contributed by atoms with Crippen molar-refractivity contribution in [2.24, 2.45) is 0 Å². The van der Waals surface area contributed by atoms with Crippen LogP contribution in [0.25, 0.3) is 0 Å². The van der Waals surface area contributed by atoms with Crippen LogP contribution < -0.4 is 10.1 Å². The second kappa shape index (κ2) is 5.17. The Morgan fingerprint density at radius 2 is 2.53 bits per heavy atom. The molecule has 0 radical (unpaired) electrons. The van der Waals surface area contributed by atoms with Gasteiger partial charge in [-0.05, 0) is 6.07 Å². The van der Waals surface area contributed by atoms with E-state index in [4.69, 9.17) is 21.6 Å². The topological polar surface area (TPSA) is 75.0 Å². The molecule has 78 valence electrons. The van der Waals surface area contributed by atoms with E-state index in [1.54, 1.807) is 6.07 Å². The first-order chi connectivity index (χ1) is 7.19. The summed E-state index contributed by atoms with van der Waals surface area (Å²) in [6.45, 7) is -0.0531. The summed E-state index contributed by atoms with van der Waals surface area (Å²) in [4.78, 5) is 15.2. The summed E-state index contributed by atoms with van der Waals surface area (Å²) >= 11 is 5.78. The van der Waals surface area contributed by atoms with Crippen LogP contribution in [0, 0.1) is 11.3 Å². The molecule has 0 aromatic carbocycles. The molecular weight excluding hydrogens is 218 g/mol. The van der Waals surface area contributed by atoms with Crippen molar-refractivity contribution in [1.82, 2.24) is 10.3 Å². The highest BCUT2D eigenvalue weighted by Gasteiger charge is 2.09. The number of nitriles is 1. The zero-order valence-corrected chi connectivity index (χ0v) is 8.71. The molecule has 0 saturated heterocycles. The Labute approximate surface area is 91.6 Å². The van der Waals surface area contributed by atoms with Crippen LogP contribution in [0.4, 0.5) is 0 Å². The van der Waals surface area contributed by atoms with Gasteiger partial charge in [0.2, 0.25) is 5.88 Å². The molecule has 1 rings (SSSR count). The summed E-state index contributed by atoms with van der Waals surface area (Å²) in [5, 5.41) is 10.9. The maximum Gasteiger partial charge on any atom is 0.253 e. The molecule has 1 amide bonds. The average Bonchev–Trinajstić information content (AvgIpc) is 2.25. The van der Waals surface area contributed by atoms with Crippen molar-refractivity contribution < 1.29 is 9.53 Å². The lowest BCUT2D eigenvalue weighted by Crippen LogP contribution is -2.23. The van der Waals surface area contributed by atoms with E-state index in [2.05, 4.69) is 10.3 Å². The number of ether oxygens (including phenoxy) is 1. The number of carbonyl (C=O) groups is 1. The lowest BCUT2D eigenvalue weighted by Gasteiger charge is -2.04. The zero-order valence-electron chi connectivity index (χ0n) is 7.95. The molecule has 0 atom stereocenters. The van der Waals surface area contributed by atoms with Crippen LogP contribution in [0.3, 0.4) is 0 Å². The van der Waals surface area contributed by atoms with Gasteiger partial charge in [0.1, 0.15) is 11.6 Å². The van der Waals surface area contributed by atoms with Gasteiger partial charge in [0.25, 0.3) is 5.91 Å². The standard InChI is InChI=1S/C9H8ClN3O2/c1-15-9-7(10)4-6(5-13-9)8(14)12-3-2-11/h4-5H,3H2,1H3,(H,12,14). The molecule has 0 spiro atoms. The minimum absolute atomic E-state index is 0.0531. The third-order valence-electron chi connectivity index (χ3n) is 1.59. The van der Waals surface area contributed by atoms with Crippen molar-refractivity contribution in [1.29, 1.82) is 5.26 Å². The Morgan fingerprint density at radius 1 is 1.80 bits per heavy atom. The van der Waals surface area contributed by atoms with Crippen LogP contribution in [0.1, 0.15) is 10.4 Å². The van der Waals surface area contributed by atoms with Gasteiger partial charge in [-0.3, -0.25) is 4.79 Å². The lowest BCUT2D eigenvalue weighted by atomic mass is 10.2. The van der Waals surface area contributed by atoms with E-state index in [0.29, 0.717) is 0 Å². The van der Waals surface area contributed by atoms with Crippen LogP contribution >= 0.6 is 11.6 Å². The van der Waals surface area contributed by atoms with E-state index in [1.165, 1.54) is 19.4 Å². The number of pyridine rings is 1. The van der Waals surface area contributed by atoms with Crippen LogP contribution in [-0.2, 0) is 0 Å². The number of amides is 1. The summed E-state index contributed by atoms with van der Waals surface area (Å²) in [6.07, 6.45) is 1.33. The quantitative estimate of drug-likeness (QED) is 0.779. The van der Waals surface area contributed by atoms with E-state index in [-0.39, 0.29) is 23.0 Å². The summed E-state index contributed by atoms with van der Waals surface area (Å²) in [7, 11) is 1.43. The highest BCUT2D eigenvalue weighted by atomic mass is 35.5. The van der Waals surface area contributed by atoms with Crippen LogP contribution in [0.15, 0.2) is 12.3 Å². The van der Waals surface area contributed by atoms with Crippen molar-refractivity contribution in [2.45, 2.75) is 0 Å². The molecule has 0 fully saturated rings. The van der Waals surface area contributed by atoms with E-state index in [9.17, 15) is 4.79 Å². The molecule has 15 heavy (non-hydrogen) atoms. The number of halogens is 1. The Morgan fingerprint density at radius 3 is 3.07 bits per heavy atom.